The Hall–Kier alpha value is -3.02. The van der Waals surface area contributed by atoms with Gasteiger partial charge in [0, 0.05) is 19.2 Å². The van der Waals surface area contributed by atoms with Crippen molar-refractivity contribution >= 4 is 22.7 Å². The van der Waals surface area contributed by atoms with E-state index in [2.05, 4.69) is 5.32 Å². The van der Waals surface area contributed by atoms with Gasteiger partial charge in [0.15, 0.2) is 5.58 Å². The van der Waals surface area contributed by atoms with E-state index < -0.39 is 5.76 Å². The van der Waals surface area contributed by atoms with Gasteiger partial charge < -0.3 is 14.5 Å². The highest BCUT2D eigenvalue weighted by molar-refractivity contribution is 5.93. The Kier molecular flexibility index (Phi) is 4.61. The van der Waals surface area contributed by atoms with Crippen molar-refractivity contribution < 1.29 is 13.9 Å². The molecule has 0 aliphatic rings. The molecular weight excluding hydrogens is 320 g/mol. The van der Waals surface area contributed by atoms with Gasteiger partial charge in [0.2, 0.25) is 5.91 Å². The molecule has 0 bridgehead atoms. The molecule has 1 N–H and O–H groups in total. The summed E-state index contributed by atoms with van der Waals surface area (Å²) in [7, 11) is 3.25. The van der Waals surface area contributed by atoms with Crippen LogP contribution in [0, 0.1) is 0 Å². The van der Waals surface area contributed by atoms with Crippen LogP contribution in [0.2, 0.25) is 0 Å². The van der Waals surface area contributed by atoms with Gasteiger partial charge in [-0.3, -0.25) is 9.36 Å². The first-order valence-electron chi connectivity index (χ1n) is 8.01. The number of anilines is 1. The molecule has 0 aliphatic carbocycles. The highest BCUT2D eigenvalue weighted by Gasteiger charge is 2.13. The third kappa shape index (κ3) is 3.57. The van der Waals surface area contributed by atoms with E-state index in [4.69, 9.17) is 9.15 Å². The maximum absolute atomic E-state index is 12.3. The predicted octanol–water partition coefficient (Wildman–Crippen LogP) is 3.27. The van der Waals surface area contributed by atoms with E-state index in [9.17, 15) is 9.59 Å². The summed E-state index contributed by atoms with van der Waals surface area (Å²) in [5.41, 5.74) is 2.85. The minimum absolute atomic E-state index is 0.0768. The second-order valence-corrected chi connectivity index (χ2v) is 6.04. The lowest BCUT2D eigenvalue weighted by atomic mass is 9.97. The molecule has 0 saturated carbocycles. The van der Waals surface area contributed by atoms with Crippen LogP contribution in [-0.4, -0.2) is 17.6 Å². The van der Waals surface area contributed by atoms with Gasteiger partial charge in [-0.05, 0) is 41.8 Å². The van der Waals surface area contributed by atoms with Crippen molar-refractivity contribution in [3.8, 4) is 5.75 Å². The lowest BCUT2D eigenvalue weighted by Crippen LogP contribution is -2.14. The van der Waals surface area contributed by atoms with E-state index in [-0.39, 0.29) is 11.8 Å². The molecule has 130 valence electrons. The fourth-order valence-corrected chi connectivity index (χ4v) is 2.74. The van der Waals surface area contributed by atoms with E-state index in [1.807, 2.05) is 31.2 Å². The molecule has 25 heavy (non-hydrogen) atoms. The van der Waals surface area contributed by atoms with Gasteiger partial charge in [-0.25, -0.2) is 4.79 Å². The quantitative estimate of drug-likeness (QED) is 0.773. The molecule has 6 heteroatoms. The lowest BCUT2D eigenvalue weighted by Gasteiger charge is -2.13. The summed E-state index contributed by atoms with van der Waals surface area (Å²) in [6, 6.07) is 12.8. The molecule has 0 saturated heterocycles. The number of amides is 1. The number of ether oxygens (including phenoxy) is 1. The molecule has 1 unspecified atom stereocenters. The van der Waals surface area contributed by atoms with E-state index in [1.54, 1.807) is 32.4 Å². The number of benzene rings is 2. The Morgan fingerprint density at radius 1 is 1.24 bits per heavy atom. The van der Waals surface area contributed by atoms with Crippen LogP contribution < -0.4 is 15.8 Å². The van der Waals surface area contributed by atoms with Crippen LogP contribution in [-0.2, 0) is 11.8 Å². The zero-order valence-corrected chi connectivity index (χ0v) is 14.4. The van der Waals surface area contributed by atoms with Crippen molar-refractivity contribution in [1.29, 1.82) is 0 Å². The van der Waals surface area contributed by atoms with Gasteiger partial charge in [-0.1, -0.05) is 19.1 Å². The lowest BCUT2D eigenvalue weighted by molar-refractivity contribution is -0.116. The number of methoxy groups -OCH3 is 1. The second-order valence-electron chi connectivity index (χ2n) is 6.04. The highest BCUT2D eigenvalue weighted by atomic mass is 16.5. The summed E-state index contributed by atoms with van der Waals surface area (Å²) in [6.45, 7) is 2.00. The van der Waals surface area contributed by atoms with Crippen LogP contribution >= 0.6 is 0 Å². The van der Waals surface area contributed by atoms with Crippen molar-refractivity contribution in [2.24, 2.45) is 7.05 Å². The molecule has 1 atom stereocenters. The number of carbonyl (C=O) groups is 1. The molecule has 6 nitrogen and oxygen atoms in total. The molecule has 1 aromatic heterocycles. The van der Waals surface area contributed by atoms with Crippen LogP contribution in [0.1, 0.15) is 24.8 Å². The topological polar surface area (TPSA) is 73.5 Å². The molecule has 0 spiro atoms. The van der Waals surface area contributed by atoms with Crippen LogP contribution in [0.5, 0.6) is 5.75 Å². The summed E-state index contributed by atoms with van der Waals surface area (Å²) in [6.07, 6.45) is 0.356. The summed E-state index contributed by atoms with van der Waals surface area (Å²) in [5.74, 6) is 0.357. The van der Waals surface area contributed by atoms with Gasteiger partial charge in [-0.15, -0.1) is 0 Å². The number of aromatic nitrogens is 1. The van der Waals surface area contributed by atoms with Gasteiger partial charge in [0.1, 0.15) is 5.75 Å². The van der Waals surface area contributed by atoms with Crippen molar-refractivity contribution in [3.05, 3.63) is 58.6 Å². The standard InChI is InChI=1S/C19H20N2O4/c1-12(13-4-7-15(24-3)8-5-13)10-18(22)20-14-6-9-17-16(11-14)21(2)19(23)25-17/h4-9,11-12H,10H2,1-3H3,(H,20,22). The molecular formula is C19H20N2O4. The zero-order chi connectivity index (χ0) is 18.0. The molecule has 3 aromatic rings. The number of hydrogen-bond acceptors (Lipinski definition) is 4. The van der Waals surface area contributed by atoms with Gasteiger partial charge in [-0.2, -0.15) is 0 Å². The van der Waals surface area contributed by atoms with E-state index in [0.29, 0.717) is 23.2 Å². The molecule has 3 rings (SSSR count). The minimum atomic E-state index is -0.424. The number of nitrogens with zero attached hydrogens (tertiary/aromatic N) is 1. The van der Waals surface area contributed by atoms with Crippen LogP contribution in [0.4, 0.5) is 5.69 Å². The highest BCUT2D eigenvalue weighted by Crippen LogP contribution is 2.23. The smallest absolute Gasteiger partial charge is 0.419 e. The van der Waals surface area contributed by atoms with Crippen LogP contribution in [0.15, 0.2) is 51.7 Å². The van der Waals surface area contributed by atoms with Crippen molar-refractivity contribution in [2.45, 2.75) is 19.3 Å². The van der Waals surface area contributed by atoms with Crippen molar-refractivity contribution in [1.82, 2.24) is 4.57 Å². The fraction of sp³-hybridized carbons (Fsp3) is 0.263. The van der Waals surface area contributed by atoms with Crippen LogP contribution in [0.25, 0.3) is 11.1 Å². The average Bonchev–Trinajstić information content (AvgIpc) is 2.89. The first kappa shape index (κ1) is 16.8. The summed E-state index contributed by atoms with van der Waals surface area (Å²) >= 11 is 0. The number of nitrogens with one attached hydrogen (secondary N) is 1. The van der Waals surface area contributed by atoms with E-state index in [0.717, 1.165) is 11.3 Å². The van der Waals surface area contributed by atoms with Gasteiger partial charge in [0.25, 0.3) is 0 Å². The normalized spacial score (nSPS) is 12.1. The predicted molar refractivity (Wildman–Crippen MR) is 96.1 cm³/mol. The molecule has 2 aromatic carbocycles. The number of rotatable bonds is 5. The summed E-state index contributed by atoms with van der Waals surface area (Å²) in [5, 5.41) is 2.87. The summed E-state index contributed by atoms with van der Waals surface area (Å²) < 4.78 is 11.6. The Morgan fingerprint density at radius 2 is 1.96 bits per heavy atom. The monoisotopic (exact) mass is 340 g/mol. The Labute approximate surface area is 145 Å². The molecule has 0 fully saturated rings. The largest absolute Gasteiger partial charge is 0.497 e. The molecule has 0 radical (unpaired) electrons. The molecule has 1 amide bonds. The van der Waals surface area contributed by atoms with Gasteiger partial charge >= 0.3 is 5.76 Å². The van der Waals surface area contributed by atoms with Gasteiger partial charge in [0.05, 0.1) is 12.6 Å². The fourth-order valence-electron chi connectivity index (χ4n) is 2.74. The summed E-state index contributed by atoms with van der Waals surface area (Å²) in [4.78, 5) is 23.8. The maximum atomic E-state index is 12.3. The second kappa shape index (κ2) is 6.84. The van der Waals surface area contributed by atoms with Crippen molar-refractivity contribution in [2.75, 3.05) is 12.4 Å². The molecule has 1 heterocycles. The Bertz CT molecular complexity index is 954. The SMILES string of the molecule is COc1ccc(C(C)CC(=O)Nc2ccc3oc(=O)n(C)c3c2)cc1. The maximum Gasteiger partial charge on any atom is 0.419 e. The van der Waals surface area contributed by atoms with E-state index >= 15 is 0 Å². The van der Waals surface area contributed by atoms with E-state index in [1.165, 1.54) is 4.57 Å². The third-order valence-electron chi connectivity index (χ3n) is 4.25. The van der Waals surface area contributed by atoms with Crippen molar-refractivity contribution in [3.63, 3.8) is 0 Å². The number of fused-ring (bicyclic) bond motifs is 1. The zero-order valence-electron chi connectivity index (χ0n) is 14.4. The Balaban J connectivity index is 1.69. The first-order valence-corrected chi connectivity index (χ1v) is 8.01. The first-order chi connectivity index (χ1) is 12.0. The number of oxazole rings is 1. The number of hydrogen-bond donors (Lipinski definition) is 1. The minimum Gasteiger partial charge on any atom is -0.497 e. The molecule has 0 aliphatic heterocycles. The van der Waals surface area contributed by atoms with Crippen LogP contribution in [0.3, 0.4) is 0 Å². The third-order valence-corrected chi connectivity index (χ3v) is 4.25. The number of aryl methyl sites for hydroxylation is 1. The Morgan fingerprint density at radius 3 is 2.64 bits per heavy atom. The number of carbonyl (C=O) groups excluding carboxylic acids is 1. The average molecular weight is 340 g/mol.